The Bertz CT molecular complexity index is 2750. The van der Waals surface area contributed by atoms with Crippen molar-refractivity contribution in [1.29, 1.82) is 0 Å². The molecule has 4 aromatic rings. The van der Waals surface area contributed by atoms with E-state index in [1.165, 1.54) is 17.5 Å². The van der Waals surface area contributed by atoms with Crippen LogP contribution in [0.4, 0.5) is 21.0 Å². The number of benzene rings is 4. The lowest BCUT2D eigenvalue weighted by Crippen LogP contribution is -2.64. The number of hydrogen-bond acceptors (Lipinski definition) is 13. The van der Waals surface area contributed by atoms with Gasteiger partial charge >= 0.3 is 12.2 Å². The van der Waals surface area contributed by atoms with Crippen LogP contribution in [-0.4, -0.2) is 167 Å². The third kappa shape index (κ3) is 18.3. The first-order valence-corrected chi connectivity index (χ1v) is 29.4. The van der Waals surface area contributed by atoms with Gasteiger partial charge in [-0.3, -0.25) is 14.5 Å². The van der Waals surface area contributed by atoms with Gasteiger partial charge in [-0.05, 0) is 139 Å². The number of rotatable bonds is 18. The highest BCUT2D eigenvalue weighted by Gasteiger charge is 2.46. The molecular formula is C65H89N7O10. The van der Waals surface area contributed by atoms with Crippen molar-refractivity contribution in [2.24, 2.45) is 17.8 Å². The van der Waals surface area contributed by atoms with Crippen molar-refractivity contribution in [2.45, 2.75) is 136 Å². The van der Waals surface area contributed by atoms with Gasteiger partial charge in [-0.25, -0.2) is 9.59 Å². The largest absolute Gasteiger partial charge is 0.444 e. The number of likely N-dealkylation sites (tertiary alicyclic amines) is 1. The molecule has 0 unspecified atom stereocenters. The monoisotopic (exact) mass is 1130 g/mol. The van der Waals surface area contributed by atoms with Crippen molar-refractivity contribution < 1.29 is 48.5 Å². The summed E-state index contributed by atoms with van der Waals surface area (Å²) in [5, 5.41) is 26.8. The molecule has 4 aromatic carbocycles. The average molecular weight is 1130 g/mol. The number of piperazine rings is 3. The van der Waals surface area contributed by atoms with Crippen LogP contribution < -0.4 is 15.1 Å². The molecule has 4 saturated heterocycles. The molecule has 0 bridgehead atoms. The van der Waals surface area contributed by atoms with Gasteiger partial charge < -0.3 is 59.1 Å². The SMILES string of the molecule is CC(=O)C[C@@H](Cc1cccc(N2CCN(C(=O)OC(C)(C)C)CC2)c1)[C@H](O)[C@H]1C(=O)N(Cc2ccccc2)CCN1C(=O)OC(C)(C)C.CC(=O)C[C@@H](Cc1cccc(N2CCNCC2)c1)[C@H](O)[C@@H]1CCCN(Cc2ccccc2)C1=O. The van der Waals surface area contributed by atoms with Gasteiger partial charge in [0.15, 0.2) is 0 Å². The van der Waals surface area contributed by atoms with Crippen LogP contribution in [0.5, 0.6) is 0 Å². The zero-order valence-electron chi connectivity index (χ0n) is 49.6. The van der Waals surface area contributed by atoms with Crippen molar-refractivity contribution in [3.8, 4) is 0 Å². The smallest absolute Gasteiger partial charge is 0.411 e. The zero-order valence-corrected chi connectivity index (χ0v) is 49.6. The predicted octanol–water partition coefficient (Wildman–Crippen LogP) is 7.92. The Hall–Kier alpha value is -6.82. The lowest BCUT2D eigenvalue weighted by atomic mass is 9.79. The summed E-state index contributed by atoms with van der Waals surface area (Å²) in [5.74, 6) is -1.83. The van der Waals surface area contributed by atoms with E-state index in [0.717, 1.165) is 60.5 Å². The Labute approximate surface area is 485 Å². The van der Waals surface area contributed by atoms with Crippen molar-refractivity contribution in [3.05, 3.63) is 131 Å². The van der Waals surface area contributed by atoms with Gasteiger partial charge in [0.1, 0.15) is 28.8 Å². The number of nitrogens with one attached hydrogen (secondary N) is 1. The number of amides is 4. The quantitative estimate of drug-likeness (QED) is 0.0871. The molecule has 17 heteroatoms. The maximum Gasteiger partial charge on any atom is 0.411 e. The van der Waals surface area contributed by atoms with E-state index in [2.05, 4.69) is 39.4 Å². The fourth-order valence-electron chi connectivity index (χ4n) is 11.6. The molecule has 6 atom stereocenters. The molecule has 3 N–H and O–H groups in total. The topological polar surface area (TPSA) is 193 Å². The molecule has 0 aromatic heterocycles. The Morgan fingerprint density at radius 2 is 1.01 bits per heavy atom. The minimum Gasteiger partial charge on any atom is -0.444 e. The predicted molar refractivity (Wildman–Crippen MR) is 318 cm³/mol. The Balaban J connectivity index is 0.000000250. The normalized spacial score (nSPS) is 19.6. The summed E-state index contributed by atoms with van der Waals surface area (Å²) >= 11 is 0. The highest BCUT2D eigenvalue weighted by molar-refractivity contribution is 5.88. The molecule has 4 fully saturated rings. The van der Waals surface area contributed by atoms with E-state index in [9.17, 15) is 39.0 Å². The van der Waals surface area contributed by atoms with E-state index in [1.807, 2.05) is 111 Å². The van der Waals surface area contributed by atoms with Crippen molar-refractivity contribution in [2.75, 3.05) is 81.8 Å². The molecule has 444 valence electrons. The highest BCUT2D eigenvalue weighted by atomic mass is 16.6. The third-order valence-electron chi connectivity index (χ3n) is 15.5. The Morgan fingerprint density at radius 3 is 1.51 bits per heavy atom. The zero-order chi connectivity index (χ0) is 59.1. The summed E-state index contributed by atoms with van der Waals surface area (Å²) in [6.45, 7) is 22.1. The number of aliphatic hydroxyl groups excluding tert-OH is 2. The Morgan fingerprint density at radius 1 is 0.549 bits per heavy atom. The molecule has 8 rings (SSSR count). The molecular weight excluding hydrogens is 1040 g/mol. The van der Waals surface area contributed by atoms with Gasteiger partial charge in [-0.15, -0.1) is 0 Å². The van der Waals surface area contributed by atoms with Crippen LogP contribution in [0, 0.1) is 17.8 Å². The van der Waals surface area contributed by atoms with Crippen LogP contribution in [0.25, 0.3) is 0 Å². The van der Waals surface area contributed by atoms with Crippen LogP contribution in [0.1, 0.15) is 103 Å². The van der Waals surface area contributed by atoms with Gasteiger partial charge in [-0.1, -0.05) is 84.9 Å². The first-order valence-electron chi connectivity index (χ1n) is 29.4. The summed E-state index contributed by atoms with van der Waals surface area (Å²) in [5.41, 5.74) is 4.81. The fourth-order valence-corrected chi connectivity index (χ4v) is 11.6. The fraction of sp³-hybridized carbons (Fsp3) is 0.538. The van der Waals surface area contributed by atoms with Crippen LogP contribution in [0.2, 0.25) is 0 Å². The summed E-state index contributed by atoms with van der Waals surface area (Å²) < 4.78 is 11.2. The number of Topliss-reactive ketones (excluding diaryl/α,β-unsaturated/α-hetero) is 2. The van der Waals surface area contributed by atoms with E-state index < -0.39 is 47.4 Å². The second kappa shape index (κ2) is 28.9. The van der Waals surface area contributed by atoms with Crippen LogP contribution in [0.15, 0.2) is 109 Å². The molecule has 0 radical (unpaired) electrons. The molecule has 0 saturated carbocycles. The number of hydrogen-bond donors (Lipinski definition) is 3. The maximum absolute atomic E-state index is 14.1. The lowest BCUT2D eigenvalue weighted by Gasteiger charge is -2.44. The minimum atomic E-state index is -1.33. The Kier molecular flexibility index (Phi) is 22.1. The molecule has 0 aliphatic carbocycles. The van der Waals surface area contributed by atoms with Crippen LogP contribution in [0.3, 0.4) is 0 Å². The minimum absolute atomic E-state index is 0.00530. The third-order valence-corrected chi connectivity index (χ3v) is 15.5. The summed E-state index contributed by atoms with van der Waals surface area (Å²) in [7, 11) is 0. The number of aliphatic hydroxyl groups is 2. The molecule has 0 spiro atoms. The van der Waals surface area contributed by atoms with E-state index in [0.29, 0.717) is 65.1 Å². The van der Waals surface area contributed by atoms with Gasteiger partial charge in [0.25, 0.3) is 0 Å². The number of carbonyl (C=O) groups is 6. The first kappa shape index (κ1) is 62.8. The number of carbonyl (C=O) groups excluding carboxylic acids is 6. The van der Waals surface area contributed by atoms with Gasteiger partial charge in [-0.2, -0.15) is 0 Å². The van der Waals surface area contributed by atoms with Crippen molar-refractivity contribution >= 4 is 46.9 Å². The van der Waals surface area contributed by atoms with Gasteiger partial charge in [0.2, 0.25) is 11.8 Å². The lowest BCUT2D eigenvalue weighted by molar-refractivity contribution is -0.150. The van der Waals surface area contributed by atoms with E-state index >= 15 is 0 Å². The molecule has 17 nitrogen and oxygen atoms in total. The number of ether oxygens (including phenoxy) is 2. The highest BCUT2D eigenvalue weighted by Crippen LogP contribution is 2.33. The van der Waals surface area contributed by atoms with Crippen molar-refractivity contribution in [3.63, 3.8) is 0 Å². The maximum atomic E-state index is 14.1. The average Bonchev–Trinajstić information content (AvgIpc) is 3.60. The van der Waals surface area contributed by atoms with E-state index in [1.54, 1.807) is 37.5 Å². The second-order valence-electron chi connectivity index (χ2n) is 24.6. The number of anilines is 2. The summed E-state index contributed by atoms with van der Waals surface area (Å²) in [6, 6.07) is 34.7. The molecule has 4 aliphatic heterocycles. The van der Waals surface area contributed by atoms with Gasteiger partial charge in [0, 0.05) is 109 Å². The second-order valence-corrected chi connectivity index (χ2v) is 24.6. The van der Waals surface area contributed by atoms with Gasteiger partial charge in [0.05, 0.1) is 18.1 Å². The number of ketones is 2. The van der Waals surface area contributed by atoms with Crippen molar-refractivity contribution in [1.82, 2.24) is 24.9 Å². The van der Waals surface area contributed by atoms with Crippen LogP contribution >= 0.6 is 0 Å². The molecule has 82 heavy (non-hydrogen) atoms. The standard InChI is InChI=1S/C37H52N4O7.C28H37N3O3/c1-26(42)22-29(23-28-14-11-15-30(24-28)38-16-18-39(19-17-38)34(45)47-36(2,3)4)32(43)31-33(44)40(25-27-12-9-8-10-13-27)20-21-41(31)35(46)48-37(5,6)7;1-21(32)17-24(18-23-9-5-10-25(19-23)30-15-12-29-13-16-30)27(33)26-11-6-14-31(28(26)34)20-22-7-3-2-4-8-22/h8-15,24,29,31-32,43H,16-23,25H2,1-7H3;2-5,7-10,19,24,26-27,29,33H,6,11-18,20H2,1H3/t29-,31-,32-;24-,26-,27-/m00/s1. The number of nitrogens with zero attached hydrogens (tertiary/aromatic N) is 6. The molecule has 4 amide bonds. The van der Waals surface area contributed by atoms with Crippen LogP contribution in [-0.2, 0) is 54.6 Å². The summed E-state index contributed by atoms with van der Waals surface area (Å²) in [4.78, 5) is 89.2. The first-order chi connectivity index (χ1) is 39.0. The van der Waals surface area contributed by atoms with E-state index in [-0.39, 0.29) is 61.3 Å². The molecule has 4 heterocycles. The summed E-state index contributed by atoms with van der Waals surface area (Å²) in [6.07, 6.45) is -0.407. The number of piperidine rings is 1. The van der Waals surface area contributed by atoms with E-state index in [4.69, 9.17) is 9.47 Å². The molecule has 4 aliphatic rings.